The molecule has 0 atom stereocenters. The molecular formula is C24H22N6O3S2. The summed E-state index contributed by atoms with van der Waals surface area (Å²) in [6, 6.07) is 13.5. The maximum Gasteiger partial charge on any atom is 0.236 e. The highest BCUT2D eigenvalue weighted by atomic mass is 32.2. The van der Waals surface area contributed by atoms with Crippen LogP contribution in [0.3, 0.4) is 0 Å². The fraction of sp³-hybridized carbons (Fsp3) is 0.167. The van der Waals surface area contributed by atoms with Gasteiger partial charge in [-0.1, -0.05) is 30.0 Å². The van der Waals surface area contributed by atoms with Crippen LogP contribution in [0.5, 0.6) is 11.5 Å². The van der Waals surface area contributed by atoms with Crippen molar-refractivity contribution in [3.05, 3.63) is 59.7 Å². The number of aryl methyl sites for hydroxylation is 1. The van der Waals surface area contributed by atoms with E-state index in [0.29, 0.717) is 33.3 Å². The minimum absolute atomic E-state index is 0.136. The molecule has 11 heteroatoms. The molecule has 2 N–H and O–H groups in total. The molecule has 5 rings (SSSR count). The summed E-state index contributed by atoms with van der Waals surface area (Å²) in [6.07, 6.45) is 1.91. The van der Waals surface area contributed by atoms with Crippen molar-refractivity contribution in [2.24, 2.45) is 0 Å². The number of carbonyl (C=O) groups is 1. The molecule has 0 bridgehead atoms. The largest absolute Gasteiger partial charge is 0.497 e. The lowest BCUT2D eigenvalue weighted by Crippen LogP contribution is -2.14. The van der Waals surface area contributed by atoms with Crippen LogP contribution in [-0.4, -0.2) is 50.6 Å². The van der Waals surface area contributed by atoms with Crippen LogP contribution in [0.4, 0.5) is 5.13 Å². The molecule has 35 heavy (non-hydrogen) atoms. The Hall–Kier alpha value is -3.83. The van der Waals surface area contributed by atoms with Gasteiger partial charge in [-0.25, -0.2) is 4.98 Å². The van der Waals surface area contributed by atoms with E-state index in [9.17, 15) is 4.79 Å². The molecule has 2 aromatic carbocycles. The Morgan fingerprint density at radius 1 is 1.17 bits per heavy atom. The van der Waals surface area contributed by atoms with Gasteiger partial charge in [-0.05, 0) is 25.1 Å². The number of fused-ring (bicyclic) bond motifs is 1. The van der Waals surface area contributed by atoms with E-state index in [1.165, 1.54) is 23.1 Å². The van der Waals surface area contributed by atoms with E-state index in [-0.39, 0.29) is 11.7 Å². The first-order chi connectivity index (χ1) is 17.1. The number of aromatic nitrogens is 5. The summed E-state index contributed by atoms with van der Waals surface area (Å²) in [5.41, 5.74) is 3.44. The molecule has 0 aliphatic carbocycles. The quantitative estimate of drug-likeness (QED) is 0.287. The van der Waals surface area contributed by atoms with E-state index >= 15 is 0 Å². The number of hydrogen-bond donors (Lipinski definition) is 2. The van der Waals surface area contributed by atoms with E-state index in [1.54, 1.807) is 14.2 Å². The molecule has 0 radical (unpaired) electrons. The zero-order valence-electron chi connectivity index (χ0n) is 19.2. The molecule has 0 saturated carbocycles. The average Bonchev–Trinajstić information content (AvgIpc) is 3.60. The lowest BCUT2D eigenvalue weighted by Gasteiger charge is -2.15. The van der Waals surface area contributed by atoms with Crippen molar-refractivity contribution in [1.29, 1.82) is 0 Å². The number of anilines is 1. The third kappa shape index (κ3) is 4.60. The first-order valence-electron chi connectivity index (χ1n) is 10.7. The number of nitrogens with zero attached hydrogens (tertiary/aromatic N) is 4. The number of aromatic amines is 1. The van der Waals surface area contributed by atoms with Gasteiger partial charge in [0.2, 0.25) is 5.91 Å². The lowest BCUT2D eigenvalue weighted by atomic mass is 10.1. The maximum atomic E-state index is 12.6. The molecule has 1 amide bonds. The number of rotatable bonds is 8. The van der Waals surface area contributed by atoms with Gasteiger partial charge in [0.25, 0.3) is 0 Å². The Morgan fingerprint density at radius 3 is 2.80 bits per heavy atom. The first kappa shape index (κ1) is 22.9. The van der Waals surface area contributed by atoms with Crippen LogP contribution in [0, 0.1) is 6.92 Å². The minimum atomic E-state index is -0.176. The van der Waals surface area contributed by atoms with Crippen molar-refractivity contribution < 1.29 is 14.3 Å². The average molecular weight is 507 g/mol. The number of carbonyl (C=O) groups excluding carboxylic acids is 1. The molecule has 0 saturated heterocycles. The fourth-order valence-corrected chi connectivity index (χ4v) is 5.13. The molecular weight excluding hydrogens is 484 g/mol. The number of benzene rings is 2. The minimum Gasteiger partial charge on any atom is -0.497 e. The maximum absolute atomic E-state index is 12.6. The van der Waals surface area contributed by atoms with Crippen LogP contribution in [0.1, 0.15) is 5.69 Å². The van der Waals surface area contributed by atoms with Crippen LogP contribution in [0.2, 0.25) is 0 Å². The second-order valence-electron chi connectivity index (χ2n) is 7.56. The van der Waals surface area contributed by atoms with Gasteiger partial charge >= 0.3 is 0 Å². The number of H-pyrrole nitrogens is 1. The Labute approximate surface area is 209 Å². The molecule has 3 heterocycles. The fourth-order valence-electron chi connectivity index (χ4n) is 3.68. The number of hydrogen-bond acceptors (Lipinski definition) is 8. The zero-order chi connectivity index (χ0) is 24.4. The highest BCUT2D eigenvalue weighted by Gasteiger charge is 2.22. The van der Waals surface area contributed by atoms with Crippen LogP contribution in [0.15, 0.2) is 59.2 Å². The standard InChI is InChI=1S/C24H22N6O3S2/c1-14-12-34-23(26-14)27-21(31)13-35-24-29-28-22(17-11-25-18-7-5-4-6-16(17)18)30(24)19-10-15(32-2)8-9-20(19)33-3/h4-12,25H,13H2,1-3H3,(H,26,27,31). The second-order valence-corrected chi connectivity index (χ2v) is 9.36. The third-order valence-corrected chi connectivity index (χ3v) is 7.09. The highest BCUT2D eigenvalue weighted by Crippen LogP contribution is 2.37. The van der Waals surface area contributed by atoms with Crippen molar-refractivity contribution in [3.8, 4) is 28.6 Å². The van der Waals surface area contributed by atoms with E-state index < -0.39 is 0 Å². The van der Waals surface area contributed by atoms with Gasteiger partial charge < -0.3 is 19.8 Å². The van der Waals surface area contributed by atoms with Crippen LogP contribution < -0.4 is 14.8 Å². The van der Waals surface area contributed by atoms with Crippen LogP contribution >= 0.6 is 23.1 Å². The number of thioether (sulfide) groups is 1. The van der Waals surface area contributed by atoms with E-state index in [2.05, 4.69) is 25.5 Å². The summed E-state index contributed by atoms with van der Waals surface area (Å²) in [7, 11) is 3.22. The van der Waals surface area contributed by atoms with E-state index in [4.69, 9.17) is 9.47 Å². The van der Waals surface area contributed by atoms with Crippen LogP contribution in [-0.2, 0) is 4.79 Å². The Bertz CT molecular complexity index is 1510. The van der Waals surface area contributed by atoms with Gasteiger partial charge in [0.05, 0.1) is 31.4 Å². The molecule has 3 aromatic heterocycles. The second kappa shape index (κ2) is 9.80. The molecule has 0 fully saturated rings. The Kier molecular flexibility index (Phi) is 6.43. The Morgan fingerprint density at radius 2 is 2.03 bits per heavy atom. The molecule has 9 nitrogen and oxygen atoms in total. The number of para-hydroxylation sites is 1. The first-order valence-corrected chi connectivity index (χ1v) is 12.5. The van der Waals surface area contributed by atoms with Crippen molar-refractivity contribution in [1.82, 2.24) is 24.7 Å². The Balaban J connectivity index is 1.56. The van der Waals surface area contributed by atoms with Gasteiger partial charge in [-0.15, -0.1) is 21.5 Å². The van der Waals surface area contributed by atoms with Gasteiger partial charge in [0.1, 0.15) is 11.5 Å². The zero-order valence-corrected chi connectivity index (χ0v) is 20.9. The van der Waals surface area contributed by atoms with E-state index in [0.717, 1.165) is 22.2 Å². The van der Waals surface area contributed by atoms with Gasteiger partial charge in [0, 0.05) is 34.1 Å². The summed E-state index contributed by atoms with van der Waals surface area (Å²) in [4.78, 5) is 20.2. The highest BCUT2D eigenvalue weighted by molar-refractivity contribution is 7.99. The van der Waals surface area contributed by atoms with E-state index in [1.807, 2.05) is 65.5 Å². The van der Waals surface area contributed by atoms with Crippen molar-refractivity contribution in [3.63, 3.8) is 0 Å². The predicted molar refractivity (Wildman–Crippen MR) is 138 cm³/mol. The summed E-state index contributed by atoms with van der Waals surface area (Å²) in [5, 5.41) is 15.8. The van der Waals surface area contributed by atoms with Crippen molar-refractivity contribution in [2.75, 3.05) is 25.3 Å². The molecule has 0 aliphatic heterocycles. The monoisotopic (exact) mass is 506 g/mol. The number of amides is 1. The van der Waals surface area contributed by atoms with Crippen molar-refractivity contribution >= 4 is 45.0 Å². The molecule has 0 aliphatic rings. The molecule has 0 spiro atoms. The summed E-state index contributed by atoms with van der Waals surface area (Å²) >= 11 is 2.67. The number of methoxy groups -OCH3 is 2. The molecule has 178 valence electrons. The summed E-state index contributed by atoms with van der Waals surface area (Å²) < 4.78 is 13.0. The smallest absolute Gasteiger partial charge is 0.236 e. The predicted octanol–water partition coefficient (Wildman–Crippen LogP) is 4.93. The molecule has 0 unspecified atom stereocenters. The van der Waals surface area contributed by atoms with Gasteiger partial charge in [0.15, 0.2) is 16.1 Å². The van der Waals surface area contributed by atoms with Gasteiger partial charge in [-0.2, -0.15) is 0 Å². The SMILES string of the molecule is COc1ccc(OC)c(-n2c(SCC(=O)Nc3nc(C)cs3)nnc2-c2c[nH]c3ccccc23)c1. The number of ether oxygens (including phenoxy) is 2. The number of thiazole rings is 1. The normalized spacial score (nSPS) is 11.1. The summed E-state index contributed by atoms with van der Waals surface area (Å²) in [6.45, 7) is 1.89. The summed E-state index contributed by atoms with van der Waals surface area (Å²) in [5.74, 6) is 1.86. The molecule has 5 aromatic rings. The topological polar surface area (TPSA) is 107 Å². The third-order valence-electron chi connectivity index (χ3n) is 5.29. The van der Waals surface area contributed by atoms with Crippen molar-refractivity contribution in [2.45, 2.75) is 12.1 Å². The number of nitrogens with one attached hydrogen (secondary N) is 2. The lowest BCUT2D eigenvalue weighted by molar-refractivity contribution is -0.113. The van der Waals surface area contributed by atoms with Crippen LogP contribution in [0.25, 0.3) is 28.0 Å². The van der Waals surface area contributed by atoms with Gasteiger partial charge in [-0.3, -0.25) is 9.36 Å².